The van der Waals surface area contributed by atoms with Gasteiger partial charge in [-0.25, -0.2) is 0 Å². The molecule has 0 spiro atoms. The van der Waals surface area contributed by atoms with Crippen molar-refractivity contribution in [3.63, 3.8) is 0 Å². The Morgan fingerprint density at radius 1 is 1.22 bits per heavy atom. The van der Waals surface area contributed by atoms with E-state index in [2.05, 4.69) is 19.2 Å². The highest BCUT2D eigenvalue weighted by Crippen LogP contribution is 2.50. The molecule has 3 nitrogen and oxygen atoms in total. The van der Waals surface area contributed by atoms with Gasteiger partial charge in [0, 0.05) is 21.6 Å². The van der Waals surface area contributed by atoms with Crippen molar-refractivity contribution in [2.75, 3.05) is 21.3 Å². The molecule has 0 fully saturated rings. The fourth-order valence-electron chi connectivity index (χ4n) is 2.64. The van der Waals surface area contributed by atoms with E-state index in [4.69, 9.17) is 9.47 Å². The Morgan fingerprint density at radius 2 is 1.83 bits per heavy atom. The third kappa shape index (κ3) is 2.08. The molecule has 0 amide bonds. The third-order valence-corrected chi connectivity index (χ3v) is 4.99. The molecular formula is C14H21NO2S. The van der Waals surface area contributed by atoms with Crippen LogP contribution in [0.3, 0.4) is 0 Å². The van der Waals surface area contributed by atoms with E-state index < -0.39 is 0 Å². The van der Waals surface area contributed by atoms with Crippen molar-refractivity contribution in [2.24, 2.45) is 0 Å². The summed E-state index contributed by atoms with van der Waals surface area (Å²) in [4.78, 5) is 0. The normalized spacial score (nSPS) is 21.3. The topological polar surface area (TPSA) is 30.5 Å². The standard InChI is InChI=1S/C14H21NO2S/c1-14(2)13(15-3)12-9(8-18-14)10(16-4)6-7-11(12)17-5/h6-7,13,15H,8H2,1-5H3. The molecule has 0 bridgehead atoms. The predicted molar refractivity (Wildman–Crippen MR) is 76.7 cm³/mol. The summed E-state index contributed by atoms with van der Waals surface area (Å²) in [6.07, 6.45) is 0. The molecule has 0 aliphatic carbocycles. The Bertz CT molecular complexity index is 446. The highest BCUT2D eigenvalue weighted by Gasteiger charge is 2.38. The van der Waals surface area contributed by atoms with E-state index in [1.54, 1.807) is 14.2 Å². The van der Waals surface area contributed by atoms with Gasteiger partial charge in [0.15, 0.2) is 0 Å². The Hall–Kier alpha value is -0.870. The minimum Gasteiger partial charge on any atom is -0.496 e. The lowest BCUT2D eigenvalue weighted by atomic mass is 9.90. The molecule has 1 aromatic carbocycles. The number of ether oxygens (including phenoxy) is 2. The van der Waals surface area contributed by atoms with E-state index in [9.17, 15) is 0 Å². The number of hydrogen-bond acceptors (Lipinski definition) is 4. The van der Waals surface area contributed by atoms with E-state index in [0.717, 1.165) is 17.3 Å². The number of rotatable bonds is 3. The first kappa shape index (κ1) is 13.6. The highest BCUT2D eigenvalue weighted by molar-refractivity contribution is 8.00. The molecule has 1 aliphatic rings. The largest absolute Gasteiger partial charge is 0.496 e. The zero-order valence-corrected chi connectivity index (χ0v) is 12.5. The van der Waals surface area contributed by atoms with Gasteiger partial charge in [0.25, 0.3) is 0 Å². The summed E-state index contributed by atoms with van der Waals surface area (Å²) in [5.41, 5.74) is 2.49. The van der Waals surface area contributed by atoms with Gasteiger partial charge in [-0.2, -0.15) is 0 Å². The molecule has 1 atom stereocenters. The number of benzene rings is 1. The average Bonchev–Trinajstić information content (AvgIpc) is 2.36. The molecule has 0 saturated carbocycles. The van der Waals surface area contributed by atoms with Gasteiger partial charge in [0.05, 0.1) is 20.3 Å². The number of methoxy groups -OCH3 is 2. The predicted octanol–water partition coefficient (Wildman–Crippen LogP) is 2.99. The summed E-state index contributed by atoms with van der Waals surface area (Å²) in [7, 11) is 5.45. The SMILES string of the molecule is CNC1c2c(OC)ccc(OC)c2CSC1(C)C. The van der Waals surface area contributed by atoms with Crippen LogP contribution in [0.15, 0.2) is 12.1 Å². The van der Waals surface area contributed by atoms with Gasteiger partial charge in [0.1, 0.15) is 11.5 Å². The smallest absolute Gasteiger partial charge is 0.124 e. The Balaban J connectivity index is 2.62. The van der Waals surface area contributed by atoms with E-state index in [1.807, 2.05) is 30.9 Å². The van der Waals surface area contributed by atoms with Crippen molar-refractivity contribution in [3.05, 3.63) is 23.3 Å². The molecule has 18 heavy (non-hydrogen) atoms. The van der Waals surface area contributed by atoms with Crippen molar-refractivity contribution in [3.8, 4) is 11.5 Å². The maximum absolute atomic E-state index is 5.53. The lowest BCUT2D eigenvalue weighted by Crippen LogP contribution is -2.38. The summed E-state index contributed by atoms with van der Waals surface area (Å²) < 4.78 is 11.1. The van der Waals surface area contributed by atoms with Gasteiger partial charge in [0.2, 0.25) is 0 Å². The quantitative estimate of drug-likeness (QED) is 0.912. The lowest BCUT2D eigenvalue weighted by molar-refractivity contribution is 0.376. The van der Waals surface area contributed by atoms with Crippen LogP contribution in [0.5, 0.6) is 11.5 Å². The van der Waals surface area contributed by atoms with Gasteiger partial charge in [-0.3, -0.25) is 0 Å². The van der Waals surface area contributed by atoms with E-state index >= 15 is 0 Å². The van der Waals surface area contributed by atoms with Crippen LogP contribution in [0, 0.1) is 0 Å². The fraction of sp³-hybridized carbons (Fsp3) is 0.571. The molecule has 2 rings (SSSR count). The average molecular weight is 267 g/mol. The minimum absolute atomic E-state index is 0.140. The highest BCUT2D eigenvalue weighted by atomic mass is 32.2. The zero-order valence-electron chi connectivity index (χ0n) is 11.7. The Morgan fingerprint density at radius 3 is 2.39 bits per heavy atom. The van der Waals surface area contributed by atoms with E-state index in [1.165, 1.54) is 11.1 Å². The van der Waals surface area contributed by atoms with Gasteiger partial charge in [-0.05, 0) is 33.0 Å². The molecule has 0 radical (unpaired) electrons. The molecule has 0 saturated heterocycles. The zero-order chi connectivity index (χ0) is 13.3. The first-order chi connectivity index (χ1) is 8.55. The molecule has 1 heterocycles. The van der Waals surface area contributed by atoms with Crippen LogP contribution in [0.2, 0.25) is 0 Å². The summed E-state index contributed by atoms with van der Waals surface area (Å²) >= 11 is 1.95. The molecule has 1 unspecified atom stereocenters. The second-order valence-corrected chi connectivity index (χ2v) is 6.61. The molecule has 0 aromatic heterocycles. The Kier molecular flexibility index (Phi) is 3.78. The van der Waals surface area contributed by atoms with Crippen LogP contribution in [-0.4, -0.2) is 26.0 Å². The van der Waals surface area contributed by atoms with E-state index in [0.29, 0.717) is 0 Å². The number of nitrogens with one attached hydrogen (secondary N) is 1. The summed E-state index contributed by atoms with van der Waals surface area (Å²) in [5.74, 6) is 2.86. The Labute approximate surface area is 113 Å². The number of thioether (sulfide) groups is 1. The van der Waals surface area contributed by atoms with Crippen LogP contribution in [0.1, 0.15) is 31.0 Å². The van der Waals surface area contributed by atoms with Gasteiger partial charge >= 0.3 is 0 Å². The molecule has 1 aliphatic heterocycles. The fourth-order valence-corrected chi connectivity index (χ4v) is 3.86. The second-order valence-electron chi connectivity index (χ2n) is 4.98. The van der Waals surface area contributed by atoms with Gasteiger partial charge in [-0.15, -0.1) is 11.8 Å². The third-order valence-electron chi connectivity index (χ3n) is 3.57. The number of hydrogen-bond donors (Lipinski definition) is 1. The molecule has 4 heteroatoms. The van der Waals surface area contributed by atoms with Crippen molar-refractivity contribution >= 4 is 11.8 Å². The first-order valence-corrected chi connectivity index (χ1v) is 7.08. The maximum atomic E-state index is 5.53. The number of fused-ring (bicyclic) bond motifs is 1. The summed E-state index contributed by atoms with van der Waals surface area (Å²) in [5, 5.41) is 3.42. The van der Waals surface area contributed by atoms with Crippen LogP contribution in [0.4, 0.5) is 0 Å². The van der Waals surface area contributed by atoms with Crippen LogP contribution in [-0.2, 0) is 5.75 Å². The van der Waals surface area contributed by atoms with Crippen molar-refractivity contribution in [2.45, 2.75) is 30.4 Å². The molecular weight excluding hydrogens is 246 g/mol. The van der Waals surface area contributed by atoms with Crippen molar-refractivity contribution < 1.29 is 9.47 Å². The lowest BCUT2D eigenvalue weighted by Gasteiger charge is -2.40. The van der Waals surface area contributed by atoms with Gasteiger partial charge in [-0.1, -0.05) is 0 Å². The first-order valence-electron chi connectivity index (χ1n) is 6.10. The monoisotopic (exact) mass is 267 g/mol. The minimum atomic E-state index is 0.140. The van der Waals surface area contributed by atoms with Crippen LogP contribution < -0.4 is 14.8 Å². The summed E-state index contributed by atoms with van der Waals surface area (Å²) in [6, 6.07) is 4.24. The van der Waals surface area contributed by atoms with Crippen LogP contribution in [0.25, 0.3) is 0 Å². The molecule has 1 aromatic rings. The van der Waals surface area contributed by atoms with Gasteiger partial charge < -0.3 is 14.8 Å². The van der Waals surface area contributed by atoms with E-state index in [-0.39, 0.29) is 10.8 Å². The summed E-state index contributed by atoms with van der Waals surface area (Å²) in [6.45, 7) is 4.53. The van der Waals surface area contributed by atoms with Crippen molar-refractivity contribution in [1.82, 2.24) is 5.32 Å². The van der Waals surface area contributed by atoms with Crippen molar-refractivity contribution in [1.29, 1.82) is 0 Å². The molecule has 100 valence electrons. The van der Waals surface area contributed by atoms with Crippen LogP contribution >= 0.6 is 11.8 Å². The molecule has 1 N–H and O–H groups in total. The second kappa shape index (κ2) is 5.02. The maximum Gasteiger partial charge on any atom is 0.124 e.